The maximum Gasteiger partial charge on any atom is 0.138 e. The second-order valence-corrected chi connectivity index (χ2v) is 5.92. The van der Waals surface area contributed by atoms with Gasteiger partial charge in [-0.25, -0.2) is 9.97 Å². The van der Waals surface area contributed by atoms with Gasteiger partial charge >= 0.3 is 0 Å². The van der Waals surface area contributed by atoms with Gasteiger partial charge in [0.25, 0.3) is 0 Å². The highest BCUT2D eigenvalue weighted by Crippen LogP contribution is 2.26. The zero-order valence-electron chi connectivity index (χ0n) is 13.5. The second-order valence-electron chi connectivity index (χ2n) is 5.92. The maximum atomic E-state index is 4.61. The van der Waals surface area contributed by atoms with E-state index in [9.17, 15) is 0 Å². The molecular weight excluding hydrogens is 270 g/mol. The summed E-state index contributed by atoms with van der Waals surface area (Å²) in [5.41, 5.74) is 4.73. The molecule has 3 aromatic rings. The Balaban J connectivity index is 2.01. The number of aryl methyl sites for hydroxylation is 3. The largest absolute Gasteiger partial charge is 0.363 e. The minimum absolute atomic E-state index is 0.193. The molecule has 3 nitrogen and oxygen atoms in total. The average Bonchev–Trinajstić information content (AvgIpc) is 2.48. The molecule has 1 atom stereocenters. The van der Waals surface area contributed by atoms with Crippen LogP contribution in [0.1, 0.15) is 35.5 Å². The molecule has 0 fully saturated rings. The third-order valence-electron chi connectivity index (χ3n) is 3.86. The highest BCUT2D eigenvalue weighted by Gasteiger charge is 2.11. The first-order valence-electron chi connectivity index (χ1n) is 7.61. The van der Waals surface area contributed by atoms with Gasteiger partial charge in [0.05, 0.1) is 5.52 Å². The molecule has 0 aliphatic heterocycles. The Morgan fingerprint density at radius 1 is 0.909 bits per heavy atom. The summed E-state index contributed by atoms with van der Waals surface area (Å²) in [5.74, 6) is 1.69. The summed E-state index contributed by atoms with van der Waals surface area (Å²) in [6.07, 6.45) is 0. The van der Waals surface area contributed by atoms with Crippen molar-refractivity contribution in [2.75, 3.05) is 5.32 Å². The van der Waals surface area contributed by atoms with Gasteiger partial charge in [0, 0.05) is 11.4 Å². The van der Waals surface area contributed by atoms with E-state index in [1.165, 1.54) is 16.7 Å². The predicted molar refractivity (Wildman–Crippen MR) is 92.2 cm³/mol. The van der Waals surface area contributed by atoms with Crippen LogP contribution in [0.4, 0.5) is 5.82 Å². The van der Waals surface area contributed by atoms with Gasteiger partial charge < -0.3 is 5.32 Å². The normalized spacial score (nSPS) is 12.4. The van der Waals surface area contributed by atoms with Crippen molar-refractivity contribution in [1.82, 2.24) is 9.97 Å². The Morgan fingerprint density at radius 2 is 1.68 bits per heavy atom. The fourth-order valence-electron chi connectivity index (χ4n) is 2.70. The van der Waals surface area contributed by atoms with E-state index in [0.29, 0.717) is 0 Å². The van der Waals surface area contributed by atoms with Crippen LogP contribution in [0.25, 0.3) is 10.9 Å². The van der Waals surface area contributed by atoms with Crippen molar-refractivity contribution in [3.63, 3.8) is 0 Å². The molecule has 1 heterocycles. The van der Waals surface area contributed by atoms with Crippen LogP contribution in [0.15, 0.2) is 42.5 Å². The lowest BCUT2D eigenvalue weighted by atomic mass is 10.1. The minimum atomic E-state index is 0.193. The van der Waals surface area contributed by atoms with E-state index in [0.717, 1.165) is 22.5 Å². The number of nitrogens with one attached hydrogen (secondary N) is 1. The molecule has 0 aliphatic rings. The van der Waals surface area contributed by atoms with Gasteiger partial charge in [-0.2, -0.15) is 0 Å². The number of hydrogen-bond acceptors (Lipinski definition) is 3. The SMILES string of the molecule is Cc1cccc([C@@H](C)Nc2nc(C)nc3ccc(C)cc23)c1. The summed E-state index contributed by atoms with van der Waals surface area (Å²) in [4.78, 5) is 9.13. The molecule has 0 radical (unpaired) electrons. The van der Waals surface area contributed by atoms with Crippen LogP contribution in [0.5, 0.6) is 0 Å². The highest BCUT2D eigenvalue weighted by molar-refractivity contribution is 5.89. The molecule has 0 amide bonds. The highest BCUT2D eigenvalue weighted by atomic mass is 15.0. The van der Waals surface area contributed by atoms with Gasteiger partial charge in [-0.15, -0.1) is 0 Å². The second kappa shape index (κ2) is 5.76. The third-order valence-corrected chi connectivity index (χ3v) is 3.86. The zero-order valence-corrected chi connectivity index (χ0v) is 13.5. The van der Waals surface area contributed by atoms with Crippen molar-refractivity contribution in [2.45, 2.75) is 33.7 Å². The molecule has 112 valence electrons. The van der Waals surface area contributed by atoms with Crippen LogP contribution in [0.3, 0.4) is 0 Å². The summed E-state index contributed by atoms with van der Waals surface area (Å²) in [6, 6.07) is 15.0. The van der Waals surface area contributed by atoms with Crippen LogP contribution in [0.2, 0.25) is 0 Å². The molecule has 0 saturated heterocycles. The zero-order chi connectivity index (χ0) is 15.7. The van der Waals surface area contributed by atoms with Crippen molar-refractivity contribution < 1.29 is 0 Å². The van der Waals surface area contributed by atoms with Gasteiger partial charge in [0.15, 0.2) is 0 Å². The molecule has 1 aromatic heterocycles. The molecule has 0 bridgehead atoms. The topological polar surface area (TPSA) is 37.8 Å². The van der Waals surface area contributed by atoms with Gasteiger partial charge in [0.2, 0.25) is 0 Å². The lowest BCUT2D eigenvalue weighted by molar-refractivity contribution is 0.870. The Labute approximate surface area is 131 Å². The number of aromatic nitrogens is 2. The number of benzene rings is 2. The van der Waals surface area contributed by atoms with Crippen molar-refractivity contribution in [2.24, 2.45) is 0 Å². The van der Waals surface area contributed by atoms with Crippen molar-refractivity contribution in [1.29, 1.82) is 0 Å². The van der Waals surface area contributed by atoms with Crippen LogP contribution < -0.4 is 5.32 Å². The van der Waals surface area contributed by atoms with E-state index in [-0.39, 0.29) is 6.04 Å². The van der Waals surface area contributed by atoms with Gasteiger partial charge in [0.1, 0.15) is 11.6 Å². The van der Waals surface area contributed by atoms with Gasteiger partial charge in [-0.05, 0) is 45.4 Å². The van der Waals surface area contributed by atoms with E-state index >= 15 is 0 Å². The van der Waals surface area contributed by atoms with Crippen LogP contribution in [0, 0.1) is 20.8 Å². The number of hydrogen-bond donors (Lipinski definition) is 1. The Bertz CT molecular complexity index is 824. The first-order valence-corrected chi connectivity index (χ1v) is 7.61. The molecule has 0 aliphatic carbocycles. The van der Waals surface area contributed by atoms with E-state index in [2.05, 4.69) is 78.5 Å². The fourth-order valence-corrected chi connectivity index (χ4v) is 2.70. The summed E-state index contributed by atoms with van der Waals surface area (Å²) in [5, 5.41) is 4.62. The van der Waals surface area contributed by atoms with Gasteiger partial charge in [-0.1, -0.05) is 41.5 Å². The molecule has 3 rings (SSSR count). The Morgan fingerprint density at radius 3 is 2.45 bits per heavy atom. The molecule has 0 saturated carbocycles. The lowest BCUT2D eigenvalue weighted by Crippen LogP contribution is -2.09. The third kappa shape index (κ3) is 2.93. The summed E-state index contributed by atoms with van der Waals surface area (Å²) >= 11 is 0. The Hall–Kier alpha value is -2.42. The average molecular weight is 291 g/mol. The molecule has 0 spiro atoms. The first kappa shape index (κ1) is 14.5. The van der Waals surface area contributed by atoms with Crippen LogP contribution >= 0.6 is 0 Å². The molecule has 22 heavy (non-hydrogen) atoms. The Kier molecular flexibility index (Phi) is 3.80. The monoisotopic (exact) mass is 291 g/mol. The summed E-state index contributed by atoms with van der Waals surface area (Å²) in [7, 11) is 0. The van der Waals surface area contributed by atoms with E-state index in [1.54, 1.807) is 0 Å². The number of nitrogens with zero attached hydrogens (tertiary/aromatic N) is 2. The van der Waals surface area contributed by atoms with Crippen LogP contribution in [-0.2, 0) is 0 Å². The van der Waals surface area contributed by atoms with Crippen molar-refractivity contribution in [3.8, 4) is 0 Å². The van der Waals surface area contributed by atoms with Crippen molar-refractivity contribution in [3.05, 3.63) is 65.0 Å². The molecule has 3 heteroatoms. The lowest BCUT2D eigenvalue weighted by Gasteiger charge is -2.17. The smallest absolute Gasteiger partial charge is 0.138 e. The summed E-state index contributed by atoms with van der Waals surface area (Å²) in [6.45, 7) is 8.30. The van der Waals surface area contributed by atoms with Crippen LogP contribution in [-0.4, -0.2) is 9.97 Å². The van der Waals surface area contributed by atoms with Crippen molar-refractivity contribution >= 4 is 16.7 Å². The fraction of sp³-hybridized carbons (Fsp3) is 0.263. The minimum Gasteiger partial charge on any atom is -0.363 e. The standard InChI is InChI=1S/C19H21N3/c1-12-6-5-7-16(10-12)14(3)20-19-17-11-13(2)8-9-18(17)21-15(4)22-19/h5-11,14H,1-4H3,(H,20,21,22)/t14-/m1/s1. The number of rotatable bonds is 3. The molecular formula is C19H21N3. The summed E-state index contributed by atoms with van der Waals surface area (Å²) < 4.78 is 0. The maximum absolute atomic E-state index is 4.61. The molecule has 2 aromatic carbocycles. The molecule has 0 unspecified atom stereocenters. The van der Waals surface area contributed by atoms with E-state index < -0.39 is 0 Å². The van der Waals surface area contributed by atoms with E-state index in [4.69, 9.17) is 0 Å². The van der Waals surface area contributed by atoms with Gasteiger partial charge in [-0.3, -0.25) is 0 Å². The predicted octanol–water partition coefficient (Wildman–Crippen LogP) is 4.73. The van der Waals surface area contributed by atoms with E-state index in [1.807, 2.05) is 6.92 Å². The number of fused-ring (bicyclic) bond motifs is 1. The molecule has 1 N–H and O–H groups in total. The number of anilines is 1. The quantitative estimate of drug-likeness (QED) is 0.758. The first-order chi connectivity index (χ1) is 10.5.